The fourth-order valence-corrected chi connectivity index (χ4v) is 2.55. The van der Waals surface area contributed by atoms with Gasteiger partial charge in [0, 0.05) is 11.1 Å². The maximum absolute atomic E-state index is 11.0. The van der Waals surface area contributed by atoms with Crippen molar-refractivity contribution in [3.63, 3.8) is 0 Å². The van der Waals surface area contributed by atoms with Crippen molar-refractivity contribution in [2.24, 2.45) is 0 Å². The van der Waals surface area contributed by atoms with Gasteiger partial charge in [-0.15, -0.1) is 0 Å². The van der Waals surface area contributed by atoms with Gasteiger partial charge in [0.05, 0.1) is 16.7 Å². The second kappa shape index (κ2) is 5.61. The first-order chi connectivity index (χ1) is 10.6. The molecule has 0 aliphatic carbocycles. The minimum absolute atomic E-state index is 0.112. The van der Waals surface area contributed by atoms with E-state index in [1.807, 2.05) is 25.1 Å². The average Bonchev–Trinajstić information content (AvgIpc) is 2.97. The fourth-order valence-electron chi connectivity index (χ4n) is 2.25. The monoisotopic (exact) mass is 318 g/mol. The number of hydrogen-bond donors (Lipinski definition) is 1. The highest BCUT2D eigenvalue weighted by molar-refractivity contribution is 6.31. The average molecular weight is 319 g/mol. The Labute approximate surface area is 130 Å². The van der Waals surface area contributed by atoms with Gasteiger partial charge in [0.15, 0.2) is 5.52 Å². The largest absolute Gasteiger partial charge is 0.377 e. The summed E-state index contributed by atoms with van der Waals surface area (Å²) in [4.78, 5) is 10.5. The predicted octanol–water partition coefficient (Wildman–Crippen LogP) is 3.96. The van der Waals surface area contributed by atoms with Gasteiger partial charge in [0.2, 0.25) is 5.52 Å². The van der Waals surface area contributed by atoms with Gasteiger partial charge in [0.1, 0.15) is 0 Å². The summed E-state index contributed by atoms with van der Waals surface area (Å²) in [6.07, 6.45) is 0. The smallest absolute Gasteiger partial charge is 0.300 e. The molecule has 1 aromatic heterocycles. The molecule has 2 aromatic carbocycles. The summed E-state index contributed by atoms with van der Waals surface area (Å²) < 4.78 is 4.64. The number of nitrogens with zero attached hydrogens (tertiary/aromatic N) is 3. The van der Waals surface area contributed by atoms with Gasteiger partial charge >= 0.3 is 5.69 Å². The van der Waals surface area contributed by atoms with Crippen molar-refractivity contribution in [3.8, 4) is 0 Å². The Hall–Kier alpha value is -2.67. The first-order valence-electron chi connectivity index (χ1n) is 6.48. The maximum Gasteiger partial charge on any atom is 0.300 e. The molecule has 0 saturated heterocycles. The number of rotatable bonds is 4. The van der Waals surface area contributed by atoms with E-state index in [2.05, 4.69) is 20.3 Å². The summed E-state index contributed by atoms with van der Waals surface area (Å²) in [5.41, 5.74) is 1.78. The zero-order valence-electron chi connectivity index (χ0n) is 11.5. The number of aromatic nitrogens is 2. The number of nitrogens with one attached hydrogen (secondary N) is 1. The molecule has 0 spiro atoms. The molecule has 0 bridgehead atoms. The molecule has 8 heteroatoms. The SMILES string of the molecule is C[C@H](Nc1ccc([N+](=O)[O-])c2nonc12)c1ccccc1Cl. The van der Waals surface area contributed by atoms with Gasteiger partial charge in [-0.2, -0.15) is 0 Å². The molecule has 1 heterocycles. The first kappa shape index (κ1) is 14.3. The van der Waals surface area contributed by atoms with Crippen LogP contribution in [0.15, 0.2) is 41.0 Å². The number of nitro benzene ring substituents is 1. The molecule has 7 nitrogen and oxygen atoms in total. The number of fused-ring (bicyclic) bond motifs is 1. The van der Waals surface area contributed by atoms with E-state index in [9.17, 15) is 10.1 Å². The number of nitro groups is 1. The van der Waals surface area contributed by atoms with Crippen LogP contribution in [-0.4, -0.2) is 15.2 Å². The van der Waals surface area contributed by atoms with Crippen LogP contribution in [0.25, 0.3) is 11.0 Å². The molecule has 0 amide bonds. The first-order valence-corrected chi connectivity index (χ1v) is 6.86. The highest BCUT2D eigenvalue weighted by Gasteiger charge is 2.20. The van der Waals surface area contributed by atoms with E-state index >= 15 is 0 Å². The van der Waals surface area contributed by atoms with E-state index in [1.54, 1.807) is 12.1 Å². The third-order valence-electron chi connectivity index (χ3n) is 3.33. The topological polar surface area (TPSA) is 94.1 Å². The van der Waals surface area contributed by atoms with Crippen molar-refractivity contribution in [2.45, 2.75) is 13.0 Å². The van der Waals surface area contributed by atoms with Crippen molar-refractivity contribution in [1.29, 1.82) is 0 Å². The Morgan fingerprint density at radius 3 is 2.68 bits per heavy atom. The lowest BCUT2D eigenvalue weighted by Crippen LogP contribution is -2.07. The van der Waals surface area contributed by atoms with E-state index in [1.165, 1.54) is 6.07 Å². The normalized spacial score (nSPS) is 12.3. The van der Waals surface area contributed by atoms with Crippen molar-refractivity contribution in [1.82, 2.24) is 10.3 Å². The van der Waals surface area contributed by atoms with Gasteiger partial charge < -0.3 is 5.32 Å². The molecule has 1 N–H and O–H groups in total. The third-order valence-corrected chi connectivity index (χ3v) is 3.68. The van der Waals surface area contributed by atoms with Crippen LogP contribution in [0.4, 0.5) is 11.4 Å². The summed E-state index contributed by atoms with van der Waals surface area (Å²) in [6.45, 7) is 1.93. The summed E-state index contributed by atoms with van der Waals surface area (Å²) >= 11 is 6.17. The van der Waals surface area contributed by atoms with Crippen LogP contribution in [0, 0.1) is 10.1 Å². The Morgan fingerprint density at radius 2 is 1.95 bits per heavy atom. The molecule has 0 saturated carbocycles. The Morgan fingerprint density at radius 1 is 1.23 bits per heavy atom. The highest BCUT2D eigenvalue weighted by Crippen LogP contribution is 2.32. The molecule has 3 rings (SSSR count). The van der Waals surface area contributed by atoms with E-state index in [0.717, 1.165) is 5.56 Å². The second-order valence-corrected chi connectivity index (χ2v) is 5.15. The number of benzene rings is 2. The predicted molar refractivity (Wildman–Crippen MR) is 81.9 cm³/mol. The van der Waals surface area contributed by atoms with Crippen LogP contribution in [0.2, 0.25) is 5.02 Å². The molecule has 0 aliphatic rings. The van der Waals surface area contributed by atoms with Gasteiger partial charge in [-0.1, -0.05) is 29.8 Å². The highest BCUT2D eigenvalue weighted by atomic mass is 35.5. The molecule has 0 aliphatic heterocycles. The maximum atomic E-state index is 11.0. The van der Waals surface area contributed by atoms with Gasteiger partial charge in [-0.3, -0.25) is 10.1 Å². The molecule has 112 valence electrons. The zero-order chi connectivity index (χ0) is 15.7. The van der Waals surface area contributed by atoms with Crippen LogP contribution < -0.4 is 5.32 Å². The molecule has 0 fully saturated rings. The van der Waals surface area contributed by atoms with Crippen molar-refractivity contribution < 1.29 is 9.55 Å². The zero-order valence-corrected chi connectivity index (χ0v) is 12.2. The third kappa shape index (κ3) is 2.46. The van der Waals surface area contributed by atoms with Crippen LogP contribution in [0.5, 0.6) is 0 Å². The van der Waals surface area contributed by atoms with Crippen LogP contribution in [-0.2, 0) is 0 Å². The number of non-ortho nitro benzene ring substituents is 1. The number of anilines is 1. The molecular formula is C14H11ClN4O3. The van der Waals surface area contributed by atoms with Crippen LogP contribution in [0.1, 0.15) is 18.5 Å². The van der Waals surface area contributed by atoms with Crippen molar-refractivity contribution in [3.05, 3.63) is 57.1 Å². The van der Waals surface area contributed by atoms with E-state index in [-0.39, 0.29) is 17.2 Å². The van der Waals surface area contributed by atoms with Crippen molar-refractivity contribution in [2.75, 3.05) is 5.32 Å². The summed E-state index contributed by atoms with van der Waals surface area (Å²) in [6, 6.07) is 10.3. The molecule has 3 aromatic rings. The van der Waals surface area contributed by atoms with Crippen LogP contribution in [0.3, 0.4) is 0 Å². The minimum atomic E-state index is -0.520. The van der Waals surface area contributed by atoms with Crippen molar-refractivity contribution >= 4 is 34.0 Å². The van der Waals surface area contributed by atoms with Gasteiger partial charge in [-0.05, 0) is 34.9 Å². The summed E-state index contributed by atoms with van der Waals surface area (Å²) in [5, 5.41) is 22.2. The lowest BCUT2D eigenvalue weighted by molar-refractivity contribution is -0.383. The Bertz CT molecular complexity index is 849. The molecule has 0 unspecified atom stereocenters. The Kier molecular flexibility index (Phi) is 3.64. The lowest BCUT2D eigenvalue weighted by Gasteiger charge is -2.16. The van der Waals surface area contributed by atoms with E-state index in [4.69, 9.17) is 11.6 Å². The molecule has 22 heavy (non-hydrogen) atoms. The summed E-state index contributed by atoms with van der Waals surface area (Å²) in [5.74, 6) is 0. The van der Waals surface area contributed by atoms with Gasteiger partial charge in [0.25, 0.3) is 0 Å². The van der Waals surface area contributed by atoms with Crippen LogP contribution >= 0.6 is 11.6 Å². The fraction of sp³-hybridized carbons (Fsp3) is 0.143. The standard InChI is InChI=1S/C14H11ClN4O3/c1-8(9-4-2-3-5-10(9)15)16-11-6-7-12(19(20)21)14-13(11)17-22-18-14/h2-8,16H,1H3/t8-/m0/s1. The minimum Gasteiger partial charge on any atom is -0.377 e. The number of hydrogen-bond acceptors (Lipinski definition) is 6. The molecule has 0 radical (unpaired) electrons. The second-order valence-electron chi connectivity index (χ2n) is 4.74. The van der Waals surface area contributed by atoms with E-state index in [0.29, 0.717) is 16.2 Å². The lowest BCUT2D eigenvalue weighted by atomic mass is 10.1. The Balaban J connectivity index is 1.98. The number of halogens is 1. The molecular weight excluding hydrogens is 308 g/mol. The molecule has 1 atom stereocenters. The van der Waals surface area contributed by atoms with Gasteiger partial charge in [-0.25, -0.2) is 4.63 Å². The quantitative estimate of drug-likeness (QED) is 0.578. The van der Waals surface area contributed by atoms with E-state index < -0.39 is 4.92 Å². The summed E-state index contributed by atoms with van der Waals surface area (Å²) in [7, 11) is 0.